The van der Waals surface area contributed by atoms with Crippen LogP contribution in [0.1, 0.15) is 10.4 Å². The number of nitrogens with two attached hydrogens (primary N) is 1. The van der Waals surface area contributed by atoms with E-state index in [1.165, 1.54) is 0 Å². The Labute approximate surface area is 111 Å². The molecule has 1 aromatic carbocycles. The van der Waals surface area contributed by atoms with Crippen LogP contribution in [0.5, 0.6) is 0 Å². The topological polar surface area (TPSA) is 148 Å². The highest BCUT2D eigenvalue weighted by atomic mass is 19.1. The van der Waals surface area contributed by atoms with Gasteiger partial charge in [0.1, 0.15) is 17.1 Å². The summed E-state index contributed by atoms with van der Waals surface area (Å²) >= 11 is 0. The van der Waals surface area contributed by atoms with E-state index in [-0.39, 0.29) is 18.8 Å². The number of hydrogen-bond acceptors (Lipinski definition) is 5. The van der Waals surface area contributed by atoms with Crippen molar-refractivity contribution in [1.29, 1.82) is 0 Å². The summed E-state index contributed by atoms with van der Waals surface area (Å²) < 4.78 is 13.4. The van der Waals surface area contributed by atoms with E-state index in [1.54, 1.807) is 0 Å². The summed E-state index contributed by atoms with van der Waals surface area (Å²) in [6.07, 6.45) is 0. The van der Waals surface area contributed by atoms with Gasteiger partial charge < -0.3 is 21.5 Å². The Balaban J connectivity index is 2.94. The van der Waals surface area contributed by atoms with Crippen LogP contribution in [0.3, 0.4) is 0 Å². The number of carbonyl (C=O) groups is 2. The molecule has 5 N–H and O–H groups in total. The Morgan fingerprint density at radius 1 is 1.40 bits per heavy atom. The predicted molar refractivity (Wildman–Crippen MR) is 66.1 cm³/mol. The van der Waals surface area contributed by atoms with E-state index in [9.17, 15) is 24.1 Å². The van der Waals surface area contributed by atoms with Crippen molar-refractivity contribution in [2.24, 2.45) is 5.73 Å². The SMILES string of the molecule is NC(=O)NCCNc1cc(F)c(C(=O)O)cc1[N+](=O)[O-]. The van der Waals surface area contributed by atoms with E-state index < -0.39 is 34.0 Å². The molecule has 0 unspecified atom stereocenters. The predicted octanol–water partition coefficient (Wildman–Crippen LogP) is 0.512. The number of hydrogen-bond donors (Lipinski definition) is 4. The zero-order chi connectivity index (χ0) is 15.3. The number of carboxylic acid groups (broad SMARTS) is 1. The second-order valence-electron chi connectivity index (χ2n) is 3.63. The van der Waals surface area contributed by atoms with Gasteiger partial charge in [-0.1, -0.05) is 0 Å². The molecule has 0 saturated heterocycles. The number of nitro benzene ring substituents is 1. The van der Waals surface area contributed by atoms with Crippen LogP contribution in [-0.2, 0) is 0 Å². The van der Waals surface area contributed by atoms with Gasteiger partial charge in [0.05, 0.1) is 4.92 Å². The molecule has 0 spiro atoms. The van der Waals surface area contributed by atoms with Crippen LogP contribution in [0.2, 0.25) is 0 Å². The van der Waals surface area contributed by atoms with Crippen LogP contribution in [-0.4, -0.2) is 35.1 Å². The van der Waals surface area contributed by atoms with Crippen LogP contribution in [0.4, 0.5) is 20.6 Å². The zero-order valence-corrected chi connectivity index (χ0v) is 10.1. The first-order chi connectivity index (χ1) is 9.32. The van der Waals surface area contributed by atoms with Crippen LogP contribution in [0.25, 0.3) is 0 Å². The molecule has 9 nitrogen and oxygen atoms in total. The van der Waals surface area contributed by atoms with Crippen molar-refractivity contribution in [3.63, 3.8) is 0 Å². The molecule has 0 bridgehead atoms. The molecule has 0 saturated carbocycles. The number of halogens is 1. The lowest BCUT2D eigenvalue weighted by Gasteiger charge is -2.08. The number of amides is 2. The van der Waals surface area contributed by atoms with E-state index >= 15 is 0 Å². The molecule has 108 valence electrons. The average molecular weight is 286 g/mol. The average Bonchev–Trinajstić information content (AvgIpc) is 2.33. The van der Waals surface area contributed by atoms with E-state index in [2.05, 4.69) is 10.6 Å². The van der Waals surface area contributed by atoms with Gasteiger partial charge in [-0.05, 0) is 0 Å². The molecule has 0 aliphatic rings. The van der Waals surface area contributed by atoms with Crippen molar-refractivity contribution < 1.29 is 24.0 Å². The molecule has 20 heavy (non-hydrogen) atoms. The summed E-state index contributed by atoms with van der Waals surface area (Å²) in [5.74, 6) is -2.71. The number of nitro groups is 1. The molecule has 1 aromatic rings. The van der Waals surface area contributed by atoms with E-state index in [4.69, 9.17) is 10.8 Å². The maximum atomic E-state index is 13.4. The van der Waals surface area contributed by atoms with Crippen molar-refractivity contribution in [2.75, 3.05) is 18.4 Å². The van der Waals surface area contributed by atoms with Crippen molar-refractivity contribution in [3.05, 3.63) is 33.6 Å². The number of nitrogens with one attached hydrogen (secondary N) is 2. The third-order valence-electron chi connectivity index (χ3n) is 2.25. The molecule has 0 heterocycles. The quantitative estimate of drug-likeness (QED) is 0.340. The maximum absolute atomic E-state index is 13.4. The fourth-order valence-electron chi connectivity index (χ4n) is 1.40. The lowest BCUT2D eigenvalue weighted by Crippen LogP contribution is -2.33. The Morgan fingerprint density at radius 3 is 2.55 bits per heavy atom. The maximum Gasteiger partial charge on any atom is 0.338 e. The lowest BCUT2D eigenvalue weighted by atomic mass is 10.1. The van der Waals surface area contributed by atoms with Crippen LogP contribution >= 0.6 is 0 Å². The summed E-state index contributed by atoms with van der Waals surface area (Å²) in [6.45, 7) is 0.116. The van der Waals surface area contributed by atoms with Gasteiger partial charge in [-0.25, -0.2) is 14.0 Å². The summed E-state index contributed by atoms with van der Waals surface area (Å²) in [4.78, 5) is 31.1. The fourth-order valence-corrected chi connectivity index (χ4v) is 1.40. The first-order valence-electron chi connectivity index (χ1n) is 5.31. The minimum Gasteiger partial charge on any atom is -0.478 e. The third kappa shape index (κ3) is 3.80. The van der Waals surface area contributed by atoms with Gasteiger partial charge in [0.25, 0.3) is 5.69 Å². The Hall–Kier alpha value is -2.91. The molecular formula is C10H11FN4O5. The zero-order valence-electron chi connectivity index (χ0n) is 10.1. The van der Waals surface area contributed by atoms with Gasteiger partial charge in [0.15, 0.2) is 0 Å². The molecule has 0 aromatic heterocycles. The molecule has 0 aliphatic heterocycles. The summed E-state index contributed by atoms with van der Waals surface area (Å²) in [7, 11) is 0. The first-order valence-corrected chi connectivity index (χ1v) is 5.31. The Kier molecular flexibility index (Phi) is 4.78. The van der Waals surface area contributed by atoms with Gasteiger partial charge in [-0.3, -0.25) is 10.1 Å². The first kappa shape index (κ1) is 15.1. The van der Waals surface area contributed by atoms with Crippen molar-refractivity contribution in [1.82, 2.24) is 5.32 Å². The van der Waals surface area contributed by atoms with Gasteiger partial charge >= 0.3 is 12.0 Å². The fraction of sp³-hybridized carbons (Fsp3) is 0.200. The number of carbonyl (C=O) groups excluding carboxylic acids is 1. The Morgan fingerprint density at radius 2 is 2.05 bits per heavy atom. The smallest absolute Gasteiger partial charge is 0.338 e. The normalized spacial score (nSPS) is 9.85. The van der Waals surface area contributed by atoms with Gasteiger partial charge in [-0.2, -0.15) is 0 Å². The number of rotatable bonds is 6. The number of anilines is 1. The van der Waals surface area contributed by atoms with Crippen molar-refractivity contribution in [3.8, 4) is 0 Å². The molecule has 0 radical (unpaired) electrons. The minimum absolute atomic E-state index is 0.0512. The minimum atomic E-state index is -1.60. The lowest BCUT2D eigenvalue weighted by molar-refractivity contribution is -0.384. The van der Waals surface area contributed by atoms with Gasteiger partial charge in [-0.15, -0.1) is 0 Å². The van der Waals surface area contributed by atoms with Gasteiger partial charge in [0, 0.05) is 25.2 Å². The van der Waals surface area contributed by atoms with Gasteiger partial charge in [0.2, 0.25) is 0 Å². The number of carboxylic acids is 1. The van der Waals surface area contributed by atoms with E-state index in [0.29, 0.717) is 12.1 Å². The molecular weight excluding hydrogens is 275 g/mol. The second-order valence-corrected chi connectivity index (χ2v) is 3.63. The van der Waals surface area contributed by atoms with Crippen LogP contribution in [0.15, 0.2) is 12.1 Å². The third-order valence-corrected chi connectivity index (χ3v) is 2.25. The molecule has 0 fully saturated rings. The van der Waals surface area contributed by atoms with E-state index in [0.717, 1.165) is 0 Å². The number of primary amides is 1. The van der Waals surface area contributed by atoms with Crippen LogP contribution in [0, 0.1) is 15.9 Å². The second kappa shape index (κ2) is 6.31. The number of aromatic carboxylic acids is 1. The monoisotopic (exact) mass is 286 g/mol. The largest absolute Gasteiger partial charge is 0.478 e. The highest BCUT2D eigenvalue weighted by molar-refractivity contribution is 5.90. The van der Waals surface area contributed by atoms with Crippen molar-refractivity contribution in [2.45, 2.75) is 0 Å². The van der Waals surface area contributed by atoms with E-state index in [1.807, 2.05) is 0 Å². The molecule has 10 heteroatoms. The standard InChI is InChI=1S/C10H11FN4O5/c11-6-4-7(13-1-2-14-10(12)18)8(15(19)20)3-5(6)9(16)17/h3-4,13H,1-2H2,(H,16,17)(H3,12,14,18). The highest BCUT2D eigenvalue weighted by Crippen LogP contribution is 2.27. The number of nitrogens with zero attached hydrogens (tertiary/aromatic N) is 1. The van der Waals surface area contributed by atoms with Crippen LogP contribution < -0.4 is 16.4 Å². The molecule has 0 aliphatic carbocycles. The molecule has 0 atom stereocenters. The summed E-state index contributed by atoms with van der Waals surface area (Å²) in [5.41, 5.74) is 3.25. The molecule has 1 rings (SSSR count). The highest BCUT2D eigenvalue weighted by Gasteiger charge is 2.21. The summed E-state index contributed by atoms with van der Waals surface area (Å²) in [5, 5.41) is 24.2. The number of urea groups is 1. The Bertz CT molecular complexity index is 563. The van der Waals surface area contributed by atoms with Crippen molar-refractivity contribution >= 4 is 23.4 Å². The number of benzene rings is 1. The summed E-state index contributed by atoms with van der Waals surface area (Å²) in [6, 6.07) is 0.571. The molecule has 2 amide bonds.